The van der Waals surface area contributed by atoms with Gasteiger partial charge < -0.3 is 19.9 Å². The minimum absolute atomic E-state index is 0.497. The Morgan fingerprint density at radius 3 is 2.75 bits per heavy atom. The van der Waals surface area contributed by atoms with Crippen molar-refractivity contribution in [2.24, 2.45) is 0 Å². The van der Waals surface area contributed by atoms with Crippen LogP contribution in [0.5, 0.6) is 5.75 Å². The lowest BCUT2D eigenvalue weighted by Crippen LogP contribution is -2.52. The standard InChI is InChI=1S/C22H31N5O/c1-5-16-14-26(3)19-13-23-22(24-18-11-10-15(2)12-20(18)28-4)25-21(19)27(16)17-8-6-7-9-17/h10-13,16-17H,5-9,14H2,1-4H3,(H,23,24,25)/t16-/m1/s1. The third-order valence-electron chi connectivity index (χ3n) is 6.08. The van der Waals surface area contributed by atoms with Gasteiger partial charge in [0.25, 0.3) is 0 Å². The first-order valence-electron chi connectivity index (χ1n) is 10.4. The van der Waals surface area contributed by atoms with E-state index in [1.54, 1.807) is 7.11 Å². The van der Waals surface area contributed by atoms with Gasteiger partial charge in [0.05, 0.1) is 24.7 Å². The van der Waals surface area contributed by atoms with Crippen LogP contribution < -0.4 is 19.9 Å². The molecule has 28 heavy (non-hydrogen) atoms. The maximum Gasteiger partial charge on any atom is 0.229 e. The van der Waals surface area contributed by atoms with Gasteiger partial charge in [-0.2, -0.15) is 4.98 Å². The van der Waals surface area contributed by atoms with Crippen LogP contribution in [0.3, 0.4) is 0 Å². The first-order chi connectivity index (χ1) is 13.6. The summed E-state index contributed by atoms with van der Waals surface area (Å²) in [6, 6.07) is 7.19. The molecule has 2 aromatic rings. The number of rotatable bonds is 5. The van der Waals surface area contributed by atoms with Crippen molar-refractivity contribution in [2.75, 3.05) is 35.8 Å². The number of ether oxygens (including phenoxy) is 1. The highest BCUT2D eigenvalue weighted by atomic mass is 16.5. The second-order valence-corrected chi connectivity index (χ2v) is 8.02. The van der Waals surface area contributed by atoms with Crippen LogP contribution in [0.15, 0.2) is 24.4 Å². The third-order valence-corrected chi connectivity index (χ3v) is 6.08. The van der Waals surface area contributed by atoms with Crippen molar-refractivity contribution < 1.29 is 4.74 Å². The molecule has 4 rings (SSSR count). The number of benzene rings is 1. The monoisotopic (exact) mass is 381 g/mol. The van der Waals surface area contributed by atoms with Crippen LogP contribution in [0, 0.1) is 6.92 Å². The van der Waals surface area contributed by atoms with E-state index in [-0.39, 0.29) is 0 Å². The van der Waals surface area contributed by atoms with E-state index in [2.05, 4.69) is 47.1 Å². The van der Waals surface area contributed by atoms with Gasteiger partial charge in [0.15, 0.2) is 5.82 Å². The van der Waals surface area contributed by atoms with Gasteiger partial charge in [0.2, 0.25) is 5.95 Å². The minimum atomic E-state index is 0.497. The molecule has 2 aliphatic rings. The first kappa shape index (κ1) is 18.8. The number of methoxy groups -OCH3 is 1. The lowest BCUT2D eigenvalue weighted by atomic mass is 10.0. The fourth-order valence-electron chi connectivity index (χ4n) is 4.56. The van der Waals surface area contributed by atoms with Gasteiger partial charge in [0, 0.05) is 25.7 Å². The summed E-state index contributed by atoms with van der Waals surface area (Å²) in [5, 5.41) is 3.37. The highest BCUT2D eigenvalue weighted by molar-refractivity contribution is 5.72. The van der Waals surface area contributed by atoms with Crippen molar-refractivity contribution in [3.05, 3.63) is 30.0 Å². The molecule has 0 radical (unpaired) electrons. The smallest absolute Gasteiger partial charge is 0.229 e. The first-order valence-corrected chi connectivity index (χ1v) is 10.4. The molecule has 0 saturated heterocycles. The van der Waals surface area contributed by atoms with Gasteiger partial charge in [-0.15, -0.1) is 0 Å². The van der Waals surface area contributed by atoms with Crippen LogP contribution in [-0.2, 0) is 0 Å². The molecule has 1 aromatic heterocycles. The molecule has 0 unspecified atom stereocenters. The summed E-state index contributed by atoms with van der Waals surface area (Å²) < 4.78 is 5.53. The zero-order valence-corrected chi connectivity index (χ0v) is 17.4. The van der Waals surface area contributed by atoms with Crippen LogP contribution in [0.2, 0.25) is 0 Å². The Kier molecular flexibility index (Phi) is 5.29. The fourth-order valence-corrected chi connectivity index (χ4v) is 4.56. The van der Waals surface area contributed by atoms with E-state index in [9.17, 15) is 0 Å². The molecule has 1 aromatic carbocycles. The second kappa shape index (κ2) is 7.86. The van der Waals surface area contributed by atoms with Crippen LogP contribution >= 0.6 is 0 Å². The van der Waals surface area contributed by atoms with Crippen molar-refractivity contribution in [1.82, 2.24) is 9.97 Å². The summed E-state index contributed by atoms with van der Waals surface area (Å²) in [5.74, 6) is 2.49. The number of nitrogens with one attached hydrogen (secondary N) is 1. The zero-order valence-electron chi connectivity index (χ0n) is 17.4. The predicted octanol–water partition coefficient (Wildman–Crippen LogP) is 4.51. The van der Waals surface area contributed by atoms with E-state index in [0.717, 1.165) is 41.5 Å². The van der Waals surface area contributed by atoms with Gasteiger partial charge in [-0.25, -0.2) is 4.98 Å². The summed E-state index contributed by atoms with van der Waals surface area (Å²) in [6.45, 7) is 5.37. The largest absolute Gasteiger partial charge is 0.495 e. The maximum atomic E-state index is 5.53. The Balaban J connectivity index is 1.70. The number of nitrogens with zero attached hydrogens (tertiary/aromatic N) is 4. The Morgan fingerprint density at radius 2 is 2.04 bits per heavy atom. The molecule has 2 heterocycles. The molecule has 0 spiro atoms. The molecule has 0 amide bonds. The van der Waals surface area contributed by atoms with Gasteiger partial charge >= 0.3 is 0 Å². The van der Waals surface area contributed by atoms with E-state index >= 15 is 0 Å². The number of aromatic nitrogens is 2. The third kappa shape index (κ3) is 3.48. The normalized spacial score (nSPS) is 19.6. The van der Waals surface area contributed by atoms with Crippen molar-refractivity contribution in [1.29, 1.82) is 0 Å². The maximum absolute atomic E-state index is 5.53. The fraction of sp³-hybridized carbons (Fsp3) is 0.545. The molecule has 6 heteroatoms. The summed E-state index contributed by atoms with van der Waals surface area (Å²) in [6.07, 6.45) is 8.24. The minimum Gasteiger partial charge on any atom is -0.495 e. The van der Waals surface area contributed by atoms with Gasteiger partial charge in [0.1, 0.15) is 5.75 Å². The molecular weight excluding hydrogens is 350 g/mol. The van der Waals surface area contributed by atoms with Gasteiger partial charge in [-0.1, -0.05) is 25.8 Å². The van der Waals surface area contributed by atoms with E-state index in [0.29, 0.717) is 18.0 Å². The Bertz CT molecular complexity index is 834. The Labute approximate surface area is 167 Å². The molecule has 0 bridgehead atoms. The highest BCUT2D eigenvalue weighted by Gasteiger charge is 2.35. The number of aryl methyl sites for hydroxylation is 1. The predicted molar refractivity (Wildman–Crippen MR) is 115 cm³/mol. The molecule has 1 aliphatic carbocycles. The van der Waals surface area contributed by atoms with Crippen LogP contribution in [0.25, 0.3) is 0 Å². The van der Waals surface area contributed by atoms with E-state index in [4.69, 9.17) is 9.72 Å². The number of likely N-dealkylation sites (N-methyl/N-ethyl adjacent to an activating group) is 1. The van der Waals surface area contributed by atoms with Gasteiger partial charge in [-0.3, -0.25) is 0 Å². The zero-order chi connectivity index (χ0) is 19.7. The number of hydrogen-bond donors (Lipinski definition) is 1. The molecule has 1 N–H and O–H groups in total. The molecular formula is C22H31N5O. The van der Waals surface area contributed by atoms with Crippen molar-refractivity contribution in [3.8, 4) is 5.75 Å². The molecule has 1 aliphatic heterocycles. The van der Waals surface area contributed by atoms with Crippen LogP contribution in [0.4, 0.5) is 23.1 Å². The lowest BCUT2D eigenvalue weighted by molar-refractivity contribution is 0.416. The van der Waals surface area contributed by atoms with E-state index in [1.165, 1.54) is 25.7 Å². The topological polar surface area (TPSA) is 53.5 Å². The summed E-state index contributed by atoms with van der Waals surface area (Å²) in [5.41, 5.74) is 3.17. The SMILES string of the molecule is CC[C@@H]1CN(C)c2cnc(Nc3ccc(C)cc3OC)nc2N1C1CCCC1. The Hall–Kier alpha value is -2.50. The van der Waals surface area contributed by atoms with E-state index in [1.807, 2.05) is 18.3 Å². The number of anilines is 4. The van der Waals surface area contributed by atoms with E-state index < -0.39 is 0 Å². The van der Waals surface area contributed by atoms with Crippen LogP contribution in [0.1, 0.15) is 44.6 Å². The molecule has 1 fully saturated rings. The summed E-state index contributed by atoms with van der Waals surface area (Å²) >= 11 is 0. The second-order valence-electron chi connectivity index (χ2n) is 8.02. The van der Waals surface area contributed by atoms with Crippen LogP contribution in [-0.4, -0.2) is 42.8 Å². The van der Waals surface area contributed by atoms with Crippen molar-refractivity contribution in [2.45, 2.75) is 58.0 Å². The number of fused-ring (bicyclic) bond motifs is 1. The quantitative estimate of drug-likeness (QED) is 0.822. The van der Waals surface area contributed by atoms with Crippen molar-refractivity contribution in [3.63, 3.8) is 0 Å². The molecule has 6 nitrogen and oxygen atoms in total. The number of hydrogen-bond acceptors (Lipinski definition) is 6. The highest BCUT2D eigenvalue weighted by Crippen LogP contribution is 2.39. The van der Waals surface area contributed by atoms with Gasteiger partial charge in [-0.05, 0) is 43.9 Å². The molecule has 1 saturated carbocycles. The lowest BCUT2D eigenvalue weighted by Gasteiger charge is -2.45. The van der Waals surface area contributed by atoms with Crippen molar-refractivity contribution >= 4 is 23.1 Å². The average molecular weight is 382 g/mol. The summed E-state index contributed by atoms with van der Waals surface area (Å²) in [4.78, 5) is 14.5. The average Bonchev–Trinajstić information content (AvgIpc) is 3.23. The Morgan fingerprint density at radius 1 is 1.25 bits per heavy atom. The molecule has 150 valence electrons. The molecule has 1 atom stereocenters. The summed E-state index contributed by atoms with van der Waals surface area (Å²) in [7, 11) is 3.84.